The molecular formula is C12H20N4O2. The Hall–Kier alpha value is -1.72. The van der Waals surface area contributed by atoms with Crippen molar-refractivity contribution in [2.75, 3.05) is 11.1 Å². The number of hydrogen-bond acceptors (Lipinski definition) is 4. The predicted molar refractivity (Wildman–Crippen MR) is 71.8 cm³/mol. The van der Waals surface area contributed by atoms with E-state index in [9.17, 15) is 9.59 Å². The molecule has 4 N–H and O–H groups in total. The molecule has 1 aliphatic carbocycles. The Bertz CT molecular complexity index is 570. The SMILES string of the molecule is Cn1c(N)c(NC2CCCC2(C)C)c(=O)[nH]c1=O. The molecule has 0 bridgehead atoms. The summed E-state index contributed by atoms with van der Waals surface area (Å²) in [4.78, 5) is 25.4. The molecule has 1 heterocycles. The topological polar surface area (TPSA) is 92.9 Å². The lowest BCUT2D eigenvalue weighted by Gasteiger charge is -2.28. The summed E-state index contributed by atoms with van der Waals surface area (Å²) in [5, 5.41) is 3.21. The normalized spacial score (nSPS) is 22.1. The van der Waals surface area contributed by atoms with Gasteiger partial charge in [-0.05, 0) is 18.3 Å². The van der Waals surface area contributed by atoms with Crippen LogP contribution < -0.4 is 22.3 Å². The fourth-order valence-electron chi connectivity index (χ4n) is 2.54. The van der Waals surface area contributed by atoms with Gasteiger partial charge in [-0.3, -0.25) is 14.3 Å². The minimum atomic E-state index is -0.492. The number of anilines is 2. The molecule has 1 aliphatic rings. The van der Waals surface area contributed by atoms with Crippen molar-refractivity contribution in [3.8, 4) is 0 Å². The lowest BCUT2D eigenvalue weighted by Crippen LogP contribution is -2.37. The van der Waals surface area contributed by atoms with Crippen LogP contribution in [0.15, 0.2) is 9.59 Å². The van der Waals surface area contributed by atoms with Crippen LogP contribution in [0.4, 0.5) is 11.5 Å². The number of nitrogens with one attached hydrogen (secondary N) is 2. The van der Waals surface area contributed by atoms with Gasteiger partial charge >= 0.3 is 5.69 Å². The Morgan fingerprint density at radius 2 is 2.11 bits per heavy atom. The van der Waals surface area contributed by atoms with E-state index in [1.807, 2.05) is 0 Å². The molecule has 1 saturated carbocycles. The molecule has 6 nitrogen and oxygen atoms in total. The number of nitrogen functional groups attached to an aromatic ring is 1. The van der Waals surface area contributed by atoms with E-state index < -0.39 is 11.2 Å². The summed E-state index contributed by atoms with van der Waals surface area (Å²) in [6.45, 7) is 4.34. The molecule has 1 atom stereocenters. The summed E-state index contributed by atoms with van der Waals surface area (Å²) in [6.07, 6.45) is 3.26. The Kier molecular flexibility index (Phi) is 2.96. The molecule has 0 amide bonds. The van der Waals surface area contributed by atoms with Crippen LogP contribution in [-0.4, -0.2) is 15.6 Å². The third-order valence-electron chi connectivity index (χ3n) is 3.95. The molecule has 2 rings (SSSR count). The minimum Gasteiger partial charge on any atom is -0.383 e. The molecule has 1 aromatic heterocycles. The number of H-pyrrole nitrogens is 1. The maximum atomic E-state index is 11.8. The molecule has 1 unspecified atom stereocenters. The second kappa shape index (κ2) is 4.19. The lowest BCUT2D eigenvalue weighted by molar-refractivity contribution is 0.349. The molecule has 18 heavy (non-hydrogen) atoms. The standard InChI is InChI=1S/C12H20N4O2/c1-12(2)6-4-5-7(12)14-8-9(13)16(3)11(18)15-10(8)17/h7,14H,4-6,13H2,1-3H3,(H,15,17,18). The van der Waals surface area contributed by atoms with Gasteiger partial charge in [0.15, 0.2) is 0 Å². The van der Waals surface area contributed by atoms with Crippen LogP contribution in [0.5, 0.6) is 0 Å². The largest absolute Gasteiger partial charge is 0.383 e. The van der Waals surface area contributed by atoms with Crippen LogP contribution in [-0.2, 0) is 7.05 Å². The van der Waals surface area contributed by atoms with Crippen molar-refractivity contribution < 1.29 is 0 Å². The third-order valence-corrected chi connectivity index (χ3v) is 3.95. The zero-order chi connectivity index (χ0) is 13.5. The number of nitrogens with two attached hydrogens (primary N) is 1. The van der Waals surface area contributed by atoms with Gasteiger partial charge in [-0.2, -0.15) is 0 Å². The highest BCUT2D eigenvalue weighted by Gasteiger charge is 2.35. The van der Waals surface area contributed by atoms with E-state index in [-0.39, 0.29) is 17.3 Å². The average molecular weight is 252 g/mol. The van der Waals surface area contributed by atoms with E-state index in [2.05, 4.69) is 24.1 Å². The van der Waals surface area contributed by atoms with Crippen LogP contribution in [0, 0.1) is 5.41 Å². The first kappa shape index (κ1) is 12.7. The van der Waals surface area contributed by atoms with Crippen molar-refractivity contribution in [2.45, 2.75) is 39.2 Å². The first-order valence-corrected chi connectivity index (χ1v) is 6.18. The van der Waals surface area contributed by atoms with Gasteiger partial charge in [-0.1, -0.05) is 20.3 Å². The molecular weight excluding hydrogens is 232 g/mol. The van der Waals surface area contributed by atoms with Gasteiger partial charge in [0.1, 0.15) is 11.5 Å². The smallest absolute Gasteiger partial charge is 0.329 e. The molecule has 1 aromatic rings. The van der Waals surface area contributed by atoms with Gasteiger partial charge in [0.2, 0.25) is 0 Å². The minimum absolute atomic E-state index is 0.133. The highest BCUT2D eigenvalue weighted by Crippen LogP contribution is 2.38. The van der Waals surface area contributed by atoms with Crippen LogP contribution in [0.3, 0.4) is 0 Å². The highest BCUT2D eigenvalue weighted by molar-refractivity contribution is 5.61. The van der Waals surface area contributed by atoms with Crippen LogP contribution in [0.25, 0.3) is 0 Å². The second-order valence-corrected chi connectivity index (χ2v) is 5.66. The first-order chi connectivity index (χ1) is 8.33. The van der Waals surface area contributed by atoms with Crippen molar-refractivity contribution in [2.24, 2.45) is 12.5 Å². The van der Waals surface area contributed by atoms with Crippen molar-refractivity contribution in [3.05, 3.63) is 20.8 Å². The van der Waals surface area contributed by atoms with E-state index in [1.54, 1.807) is 7.05 Å². The lowest BCUT2D eigenvalue weighted by atomic mass is 9.87. The summed E-state index contributed by atoms with van der Waals surface area (Å²) in [6, 6.07) is 0.207. The maximum Gasteiger partial charge on any atom is 0.329 e. The first-order valence-electron chi connectivity index (χ1n) is 6.18. The van der Waals surface area contributed by atoms with Crippen LogP contribution in [0.1, 0.15) is 33.1 Å². The number of hydrogen-bond donors (Lipinski definition) is 3. The van der Waals surface area contributed by atoms with Crippen LogP contribution >= 0.6 is 0 Å². The summed E-state index contributed by atoms with van der Waals surface area (Å²) < 4.78 is 1.24. The van der Waals surface area contributed by atoms with Crippen LogP contribution in [0.2, 0.25) is 0 Å². The number of nitrogens with zero attached hydrogens (tertiary/aromatic N) is 1. The molecule has 1 fully saturated rings. The monoisotopic (exact) mass is 252 g/mol. The van der Waals surface area contributed by atoms with E-state index in [1.165, 1.54) is 4.57 Å². The van der Waals surface area contributed by atoms with Gasteiger partial charge in [0, 0.05) is 13.1 Å². The van der Waals surface area contributed by atoms with Gasteiger partial charge in [-0.15, -0.1) is 0 Å². The molecule has 0 saturated heterocycles. The van der Waals surface area contributed by atoms with E-state index >= 15 is 0 Å². The van der Waals surface area contributed by atoms with Gasteiger partial charge in [-0.25, -0.2) is 4.79 Å². The van der Waals surface area contributed by atoms with Gasteiger partial charge in [0.05, 0.1) is 0 Å². The van der Waals surface area contributed by atoms with E-state index in [4.69, 9.17) is 5.73 Å². The third kappa shape index (κ3) is 2.02. The summed E-state index contributed by atoms with van der Waals surface area (Å²) in [5.41, 5.74) is 5.33. The summed E-state index contributed by atoms with van der Waals surface area (Å²) >= 11 is 0. The number of rotatable bonds is 2. The van der Waals surface area contributed by atoms with E-state index in [0.717, 1.165) is 19.3 Å². The van der Waals surface area contributed by atoms with Crippen molar-refractivity contribution in [1.82, 2.24) is 9.55 Å². The van der Waals surface area contributed by atoms with Gasteiger partial charge < -0.3 is 11.1 Å². The molecule has 0 radical (unpaired) electrons. The summed E-state index contributed by atoms with van der Waals surface area (Å²) in [5.74, 6) is 0.187. The molecule has 6 heteroatoms. The molecule has 100 valence electrons. The number of aromatic nitrogens is 2. The number of aromatic amines is 1. The average Bonchev–Trinajstić information content (AvgIpc) is 2.61. The molecule has 0 aliphatic heterocycles. The Balaban J connectivity index is 2.39. The van der Waals surface area contributed by atoms with Crippen molar-refractivity contribution in [1.29, 1.82) is 0 Å². The zero-order valence-electron chi connectivity index (χ0n) is 11.0. The van der Waals surface area contributed by atoms with Crippen molar-refractivity contribution >= 4 is 11.5 Å². The highest BCUT2D eigenvalue weighted by atomic mass is 16.2. The Labute approximate surface area is 105 Å². The Morgan fingerprint density at radius 1 is 1.44 bits per heavy atom. The molecule has 0 aromatic carbocycles. The fourth-order valence-corrected chi connectivity index (χ4v) is 2.54. The van der Waals surface area contributed by atoms with Gasteiger partial charge in [0.25, 0.3) is 5.56 Å². The molecule has 0 spiro atoms. The maximum absolute atomic E-state index is 11.8. The Morgan fingerprint density at radius 3 is 2.67 bits per heavy atom. The fraction of sp³-hybridized carbons (Fsp3) is 0.667. The zero-order valence-corrected chi connectivity index (χ0v) is 11.0. The second-order valence-electron chi connectivity index (χ2n) is 5.66. The summed E-state index contributed by atoms with van der Waals surface area (Å²) in [7, 11) is 1.54. The predicted octanol–water partition coefficient (Wildman–Crippen LogP) is 0.646. The quantitative estimate of drug-likeness (QED) is 0.720. The van der Waals surface area contributed by atoms with Crippen molar-refractivity contribution in [3.63, 3.8) is 0 Å². The van der Waals surface area contributed by atoms with E-state index in [0.29, 0.717) is 5.69 Å².